The van der Waals surface area contributed by atoms with E-state index in [9.17, 15) is 9.90 Å². The third kappa shape index (κ3) is 1.80. The van der Waals surface area contributed by atoms with Crippen molar-refractivity contribution in [1.82, 2.24) is 0 Å². The van der Waals surface area contributed by atoms with Crippen molar-refractivity contribution in [3.05, 3.63) is 29.3 Å². The van der Waals surface area contributed by atoms with E-state index in [0.29, 0.717) is 5.56 Å². The van der Waals surface area contributed by atoms with Gasteiger partial charge in [0.05, 0.1) is 0 Å². The Morgan fingerprint density at radius 3 is 2.46 bits per heavy atom. The van der Waals surface area contributed by atoms with Gasteiger partial charge >= 0.3 is 5.97 Å². The van der Waals surface area contributed by atoms with Crippen LogP contribution in [0.25, 0.3) is 0 Å². The first-order valence-electron chi connectivity index (χ1n) is 4.09. The second kappa shape index (κ2) is 3.47. The number of aromatic carboxylic acids is 1. The topological polar surface area (TPSA) is 57.5 Å². The monoisotopic (exact) mass is 180 g/mol. The second-order valence-electron chi connectivity index (χ2n) is 3.20. The zero-order chi connectivity index (χ0) is 10.0. The normalized spacial score (nSPS) is 10.4. The summed E-state index contributed by atoms with van der Waals surface area (Å²) in [6.45, 7) is 3.81. The van der Waals surface area contributed by atoms with E-state index in [1.165, 1.54) is 6.07 Å². The number of para-hydroxylation sites is 1. The highest BCUT2D eigenvalue weighted by Crippen LogP contribution is 2.28. The first-order valence-corrected chi connectivity index (χ1v) is 4.09. The first kappa shape index (κ1) is 9.58. The van der Waals surface area contributed by atoms with Gasteiger partial charge in [0.15, 0.2) is 0 Å². The van der Waals surface area contributed by atoms with Crippen molar-refractivity contribution in [1.29, 1.82) is 0 Å². The Labute approximate surface area is 76.6 Å². The Hall–Kier alpha value is -1.51. The van der Waals surface area contributed by atoms with Gasteiger partial charge in [-0.3, -0.25) is 0 Å². The van der Waals surface area contributed by atoms with Crippen molar-refractivity contribution in [3.63, 3.8) is 0 Å². The van der Waals surface area contributed by atoms with Gasteiger partial charge in [-0.25, -0.2) is 4.79 Å². The van der Waals surface area contributed by atoms with Crippen molar-refractivity contribution >= 4 is 5.97 Å². The fourth-order valence-corrected chi connectivity index (χ4v) is 1.20. The van der Waals surface area contributed by atoms with Crippen molar-refractivity contribution in [3.8, 4) is 5.75 Å². The van der Waals surface area contributed by atoms with Gasteiger partial charge in [-0.05, 0) is 17.5 Å². The summed E-state index contributed by atoms with van der Waals surface area (Å²) in [7, 11) is 0. The molecule has 3 nitrogen and oxygen atoms in total. The highest BCUT2D eigenvalue weighted by atomic mass is 16.4. The molecule has 0 fully saturated rings. The van der Waals surface area contributed by atoms with E-state index in [1.54, 1.807) is 12.1 Å². The lowest BCUT2D eigenvalue weighted by molar-refractivity contribution is 0.0693. The average Bonchev–Trinajstić information content (AvgIpc) is 2.03. The Morgan fingerprint density at radius 2 is 2.00 bits per heavy atom. The summed E-state index contributed by atoms with van der Waals surface area (Å²) < 4.78 is 0. The number of benzene rings is 1. The highest BCUT2D eigenvalue weighted by molar-refractivity contribution is 5.91. The van der Waals surface area contributed by atoms with Gasteiger partial charge in [-0.15, -0.1) is 0 Å². The van der Waals surface area contributed by atoms with Gasteiger partial charge in [0, 0.05) is 0 Å². The standard InChI is InChI=1S/C10H12O3/c1-6(2)7-4-3-5-8(9(7)11)10(12)13/h3-6,11H,1-2H3,(H,12,13). The molecule has 1 aromatic carbocycles. The van der Waals surface area contributed by atoms with Gasteiger partial charge in [-0.2, -0.15) is 0 Å². The first-order chi connectivity index (χ1) is 6.04. The van der Waals surface area contributed by atoms with Crippen LogP contribution in [-0.4, -0.2) is 16.2 Å². The Kier molecular flexibility index (Phi) is 2.56. The zero-order valence-corrected chi connectivity index (χ0v) is 7.61. The maximum absolute atomic E-state index is 10.6. The maximum Gasteiger partial charge on any atom is 0.339 e. The van der Waals surface area contributed by atoms with Gasteiger partial charge in [-0.1, -0.05) is 26.0 Å². The van der Waals surface area contributed by atoms with Crippen LogP contribution in [0.1, 0.15) is 35.7 Å². The van der Waals surface area contributed by atoms with Crippen LogP contribution in [0, 0.1) is 0 Å². The van der Waals surface area contributed by atoms with E-state index >= 15 is 0 Å². The Bertz CT molecular complexity index is 329. The van der Waals surface area contributed by atoms with E-state index in [2.05, 4.69) is 0 Å². The molecule has 0 aliphatic carbocycles. The molecule has 1 rings (SSSR count). The molecule has 0 aromatic heterocycles. The van der Waals surface area contributed by atoms with Gasteiger partial charge < -0.3 is 10.2 Å². The summed E-state index contributed by atoms with van der Waals surface area (Å²) in [6.07, 6.45) is 0. The highest BCUT2D eigenvalue weighted by Gasteiger charge is 2.14. The van der Waals surface area contributed by atoms with Crippen LogP contribution in [0.3, 0.4) is 0 Å². The molecule has 70 valence electrons. The Morgan fingerprint density at radius 1 is 1.38 bits per heavy atom. The molecule has 0 saturated carbocycles. The fraction of sp³-hybridized carbons (Fsp3) is 0.300. The fourth-order valence-electron chi connectivity index (χ4n) is 1.20. The molecule has 0 aliphatic rings. The molecule has 13 heavy (non-hydrogen) atoms. The Balaban J connectivity index is 3.26. The molecule has 0 heterocycles. The van der Waals surface area contributed by atoms with Crippen LogP contribution in [-0.2, 0) is 0 Å². The number of hydrogen-bond donors (Lipinski definition) is 2. The predicted octanol–water partition coefficient (Wildman–Crippen LogP) is 2.21. The average molecular weight is 180 g/mol. The minimum absolute atomic E-state index is 0.0359. The molecule has 0 radical (unpaired) electrons. The molecule has 2 N–H and O–H groups in total. The minimum atomic E-state index is -1.10. The lowest BCUT2D eigenvalue weighted by Crippen LogP contribution is -1.99. The van der Waals surface area contributed by atoms with Crippen LogP contribution < -0.4 is 0 Å². The van der Waals surface area contributed by atoms with Crippen LogP contribution >= 0.6 is 0 Å². The van der Waals surface area contributed by atoms with Crippen molar-refractivity contribution in [2.24, 2.45) is 0 Å². The molecular weight excluding hydrogens is 168 g/mol. The number of carboxylic acid groups (broad SMARTS) is 1. The van der Waals surface area contributed by atoms with Crippen LogP contribution in [0.15, 0.2) is 18.2 Å². The SMILES string of the molecule is CC(C)c1cccc(C(=O)O)c1O. The van der Waals surface area contributed by atoms with E-state index in [-0.39, 0.29) is 17.2 Å². The molecule has 3 heteroatoms. The van der Waals surface area contributed by atoms with Gasteiger partial charge in [0.25, 0.3) is 0 Å². The van der Waals surface area contributed by atoms with Crippen molar-refractivity contribution in [2.45, 2.75) is 19.8 Å². The number of carboxylic acids is 1. The molecule has 0 amide bonds. The van der Waals surface area contributed by atoms with E-state index < -0.39 is 5.97 Å². The molecule has 0 unspecified atom stereocenters. The number of rotatable bonds is 2. The molecule has 1 aromatic rings. The molecule has 0 atom stereocenters. The molecular formula is C10H12O3. The smallest absolute Gasteiger partial charge is 0.339 e. The van der Waals surface area contributed by atoms with Crippen LogP contribution in [0.2, 0.25) is 0 Å². The summed E-state index contributed by atoms with van der Waals surface area (Å²) in [5.74, 6) is -1.09. The second-order valence-corrected chi connectivity index (χ2v) is 3.20. The third-order valence-electron chi connectivity index (χ3n) is 1.92. The zero-order valence-electron chi connectivity index (χ0n) is 7.61. The molecule has 0 spiro atoms. The van der Waals surface area contributed by atoms with E-state index in [4.69, 9.17) is 5.11 Å². The minimum Gasteiger partial charge on any atom is -0.507 e. The molecule has 0 aliphatic heterocycles. The van der Waals surface area contributed by atoms with Crippen LogP contribution in [0.4, 0.5) is 0 Å². The molecule has 0 bridgehead atoms. The third-order valence-corrected chi connectivity index (χ3v) is 1.92. The quantitative estimate of drug-likeness (QED) is 0.733. The largest absolute Gasteiger partial charge is 0.507 e. The predicted molar refractivity (Wildman–Crippen MR) is 49.2 cm³/mol. The van der Waals surface area contributed by atoms with E-state index in [1.807, 2.05) is 13.8 Å². The summed E-state index contributed by atoms with van der Waals surface area (Å²) in [6, 6.07) is 4.76. The summed E-state index contributed by atoms with van der Waals surface area (Å²) >= 11 is 0. The number of phenols is 1. The number of hydrogen-bond acceptors (Lipinski definition) is 2. The summed E-state index contributed by atoms with van der Waals surface area (Å²) in [5.41, 5.74) is 0.631. The van der Waals surface area contributed by atoms with Crippen molar-refractivity contribution in [2.75, 3.05) is 0 Å². The van der Waals surface area contributed by atoms with Crippen molar-refractivity contribution < 1.29 is 15.0 Å². The lowest BCUT2D eigenvalue weighted by Gasteiger charge is -2.09. The van der Waals surface area contributed by atoms with E-state index in [0.717, 1.165) is 0 Å². The van der Waals surface area contributed by atoms with Gasteiger partial charge in [0.1, 0.15) is 11.3 Å². The lowest BCUT2D eigenvalue weighted by atomic mass is 9.99. The number of carbonyl (C=O) groups is 1. The summed E-state index contributed by atoms with van der Waals surface area (Å²) in [5, 5.41) is 18.3. The number of aromatic hydroxyl groups is 1. The summed E-state index contributed by atoms with van der Waals surface area (Å²) in [4.78, 5) is 10.6. The van der Waals surface area contributed by atoms with Crippen LogP contribution in [0.5, 0.6) is 5.75 Å². The maximum atomic E-state index is 10.6. The molecule has 0 saturated heterocycles. The van der Waals surface area contributed by atoms with Gasteiger partial charge in [0.2, 0.25) is 0 Å².